The number of hydrogen-bond acceptors (Lipinski definition) is 7. The molecule has 3 fully saturated rings. The minimum Gasteiger partial charge on any atom is -0.370 e. The van der Waals surface area contributed by atoms with Gasteiger partial charge in [0.05, 0.1) is 5.69 Å². The fourth-order valence-corrected chi connectivity index (χ4v) is 6.84. The number of piperazine rings is 1. The Kier molecular flexibility index (Phi) is 9.05. The van der Waals surface area contributed by atoms with Crippen molar-refractivity contribution in [3.8, 4) is 5.69 Å². The maximum absolute atomic E-state index is 12.9. The molecular formula is C32H48N8O2. The number of carbonyl (C=O) groups excluding carboxylic acids is 1. The van der Waals surface area contributed by atoms with Crippen molar-refractivity contribution in [3.63, 3.8) is 0 Å². The molecule has 42 heavy (non-hydrogen) atoms. The third-order valence-electron chi connectivity index (χ3n) is 9.52. The van der Waals surface area contributed by atoms with Crippen LogP contribution in [0.3, 0.4) is 0 Å². The lowest BCUT2D eigenvalue weighted by Gasteiger charge is -2.40. The topological polar surface area (TPSA) is 126 Å². The van der Waals surface area contributed by atoms with Crippen molar-refractivity contribution >= 4 is 11.8 Å². The first kappa shape index (κ1) is 30.3. The van der Waals surface area contributed by atoms with Gasteiger partial charge >= 0.3 is 11.7 Å². The first-order valence-corrected chi connectivity index (χ1v) is 15.5. The minimum absolute atomic E-state index is 0.241. The third-order valence-corrected chi connectivity index (χ3v) is 9.52. The molecule has 2 aliphatic heterocycles. The highest BCUT2D eigenvalue weighted by atomic mass is 16.2. The quantitative estimate of drug-likeness (QED) is 0.441. The highest BCUT2D eigenvalue weighted by Crippen LogP contribution is 2.37. The molecule has 3 aliphatic rings. The smallest absolute Gasteiger partial charge is 0.354 e. The zero-order chi connectivity index (χ0) is 30.0. The van der Waals surface area contributed by atoms with E-state index in [-0.39, 0.29) is 11.8 Å². The van der Waals surface area contributed by atoms with Crippen LogP contribution in [0, 0.1) is 11.8 Å². The van der Waals surface area contributed by atoms with Gasteiger partial charge in [-0.25, -0.2) is 9.59 Å². The van der Waals surface area contributed by atoms with Crippen LogP contribution < -0.4 is 22.5 Å². The number of aromatic nitrogens is 2. The normalized spacial score (nSPS) is 23.9. The van der Waals surface area contributed by atoms with Crippen molar-refractivity contribution in [1.29, 1.82) is 0 Å². The predicted octanol–water partition coefficient (Wildman–Crippen LogP) is 3.01. The standard InChI is InChI=1S/C32H48N8O2/c1-5-27(39-20-24-8-9-26(33)19-25(24)21-39)18-23-6-10-28(11-7-23)40-13-12-29(36-31(40)42)35-30(41)38-16-14-37(15-17-38)22(2)32(3,4)34/h6-7,10-13,24-27H,2,5,8-9,14-21,33-34H2,1,3-4H3,(H,35,36,41,42). The van der Waals surface area contributed by atoms with E-state index in [9.17, 15) is 9.59 Å². The Bertz CT molecular complexity index is 1310. The van der Waals surface area contributed by atoms with Crippen molar-refractivity contribution in [1.82, 2.24) is 24.3 Å². The number of nitrogens with two attached hydrogens (primary N) is 2. The number of nitrogens with zero attached hydrogens (tertiary/aromatic N) is 5. The van der Waals surface area contributed by atoms with Gasteiger partial charge in [0.15, 0.2) is 0 Å². The van der Waals surface area contributed by atoms with Gasteiger partial charge in [-0.1, -0.05) is 25.6 Å². The molecule has 1 aromatic heterocycles. The monoisotopic (exact) mass is 576 g/mol. The van der Waals surface area contributed by atoms with Crippen molar-refractivity contribution < 1.29 is 4.79 Å². The Morgan fingerprint density at radius 2 is 1.74 bits per heavy atom. The van der Waals surface area contributed by atoms with Crippen LogP contribution >= 0.6 is 0 Å². The maximum Gasteiger partial charge on any atom is 0.354 e. The Hall–Kier alpha value is -3.21. The Morgan fingerprint density at radius 3 is 2.38 bits per heavy atom. The predicted molar refractivity (Wildman–Crippen MR) is 168 cm³/mol. The molecule has 3 heterocycles. The van der Waals surface area contributed by atoms with Crippen molar-refractivity contribution in [3.05, 3.63) is 64.9 Å². The fraction of sp³-hybridized carbons (Fsp3) is 0.594. The van der Waals surface area contributed by atoms with E-state index < -0.39 is 11.2 Å². The van der Waals surface area contributed by atoms with E-state index in [0.717, 1.165) is 49.0 Å². The van der Waals surface area contributed by atoms with Gasteiger partial charge in [0.2, 0.25) is 0 Å². The van der Waals surface area contributed by atoms with Crippen LogP contribution in [0.1, 0.15) is 52.0 Å². The second-order valence-electron chi connectivity index (χ2n) is 13.0. The highest BCUT2D eigenvalue weighted by molar-refractivity contribution is 5.88. The van der Waals surface area contributed by atoms with Crippen LogP contribution in [0.2, 0.25) is 0 Å². The first-order chi connectivity index (χ1) is 20.0. The van der Waals surface area contributed by atoms with E-state index in [1.165, 1.54) is 29.5 Å². The number of urea groups is 1. The van der Waals surface area contributed by atoms with Crippen molar-refractivity contribution in [2.75, 3.05) is 44.6 Å². The van der Waals surface area contributed by atoms with E-state index in [0.29, 0.717) is 38.3 Å². The molecule has 5 rings (SSSR count). The van der Waals surface area contributed by atoms with Crippen LogP contribution in [0.25, 0.3) is 5.69 Å². The lowest BCUT2D eigenvalue weighted by Crippen LogP contribution is -2.53. The van der Waals surface area contributed by atoms with E-state index in [2.05, 4.69) is 45.7 Å². The van der Waals surface area contributed by atoms with Crippen LogP contribution in [0.5, 0.6) is 0 Å². The molecular weight excluding hydrogens is 528 g/mol. The number of rotatable bonds is 8. The number of amides is 2. The van der Waals surface area contributed by atoms with Crippen LogP contribution in [-0.2, 0) is 6.42 Å². The number of benzene rings is 1. The highest BCUT2D eigenvalue weighted by Gasteiger charge is 2.38. The second kappa shape index (κ2) is 12.6. The number of likely N-dealkylation sites (tertiary alicyclic amines) is 1. The number of anilines is 1. The number of fused-ring (bicyclic) bond motifs is 1. The third kappa shape index (κ3) is 6.88. The van der Waals surface area contributed by atoms with Gasteiger partial charge in [0, 0.05) is 68.8 Å². The van der Waals surface area contributed by atoms with Crippen LogP contribution in [0.15, 0.2) is 53.6 Å². The summed E-state index contributed by atoms with van der Waals surface area (Å²) in [4.78, 5) is 36.4. The summed E-state index contributed by atoms with van der Waals surface area (Å²) in [6.45, 7) is 15.0. The molecule has 0 radical (unpaired) electrons. The Balaban J connectivity index is 1.15. The minimum atomic E-state index is -0.502. The summed E-state index contributed by atoms with van der Waals surface area (Å²) < 4.78 is 1.50. The van der Waals surface area contributed by atoms with E-state index >= 15 is 0 Å². The number of carbonyl (C=O) groups is 1. The average Bonchev–Trinajstić information content (AvgIpc) is 3.38. The van der Waals surface area contributed by atoms with Gasteiger partial charge in [0.1, 0.15) is 5.82 Å². The molecule has 1 saturated carbocycles. The van der Waals surface area contributed by atoms with E-state index in [1.54, 1.807) is 17.2 Å². The summed E-state index contributed by atoms with van der Waals surface area (Å²) in [7, 11) is 0. The molecule has 4 atom stereocenters. The summed E-state index contributed by atoms with van der Waals surface area (Å²) in [5.41, 5.74) is 14.4. The molecule has 0 spiro atoms. The molecule has 10 nitrogen and oxygen atoms in total. The Labute approximate surface area is 249 Å². The molecule has 2 saturated heterocycles. The Morgan fingerprint density at radius 1 is 1.07 bits per heavy atom. The van der Waals surface area contributed by atoms with E-state index in [4.69, 9.17) is 11.5 Å². The van der Waals surface area contributed by atoms with Gasteiger partial charge in [-0.2, -0.15) is 4.98 Å². The molecule has 1 aliphatic carbocycles. The molecule has 2 amide bonds. The molecule has 10 heteroatoms. The van der Waals surface area contributed by atoms with Crippen LogP contribution in [-0.4, -0.2) is 87.2 Å². The lowest BCUT2D eigenvalue weighted by molar-refractivity contribution is 0.159. The molecule has 228 valence electrons. The zero-order valence-electron chi connectivity index (χ0n) is 25.5. The van der Waals surface area contributed by atoms with Gasteiger partial charge in [-0.05, 0) is 81.5 Å². The summed E-state index contributed by atoms with van der Waals surface area (Å²) in [5, 5.41) is 2.78. The zero-order valence-corrected chi connectivity index (χ0v) is 25.5. The first-order valence-electron chi connectivity index (χ1n) is 15.5. The SMILES string of the molecule is C=C(N1CCN(C(=O)Nc2ccn(-c3ccc(CC(CC)N4CC5CCC(N)CC5C4)cc3)c(=O)n2)CC1)C(C)(C)N. The van der Waals surface area contributed by atoms with Gasteiger partial charge in [0.25, 0.3) is 0 Å². The number of nitrogens with one attached hydrogen (secondary N) is 1. The van der Waals surface area contributed by atoms with Crippen molar-refractivity contribution in [2.24, 2.45) is 23.3 Å². The molecule has 2 aromatic rings. The largest absolute Gasteiger partial charge is 0.370 e. The molecule has 4 unspecified atom stereocenters. The van der Waals surface area contributed by atoms with Gasteiger partial charge < -0.3 is 21.3 Å². The van der Waals surface area contributed by atoms with Crippen LogP contribution in [0.4, 0.5) is 10.6 Å². The summed E-state index contributed by atoms with van der Waals surface area (Å²) in [6.07, 6.45) is 7.36. The fourth-order valence-electron chi connectivity index (χ4n) is 6.84. The van der Waals surface area contributed by atoms with Gasteiger partial charge in [-0.15, -0.1) is 0 Å². The average molecular weight is 577 g/mol. The van der Waals surface area contributed by atoms with E-state index in [1.807, 2.05) is 26.0 Å². The molecule has 1 aromatic carbocycles. The summed E-state index contributed by atoms with van der Waals surface area (Å²) >= 11 is 0. The summed E-state index contributed by atoms with van der Waals surface area (Å²) in [5.74, 6) is 1.79. The molecule has 5 N–H and O–H groups in total. The number of hydrogen-bond donors (Lipinski definition) is 3. The van der Waals surface area contributed by atoms with Crippen molar-refractivity contribution in [2.45, 2.75) is 70.5 Å². The maximum atomic E-state index is 12.9. The summed E-state index contributed by atoms with van der Waals surface area (Å²) in [6, 6.07) is 10.4. The van der Waals surface area contributed by atoms with Gasteiger partial charge in [-0.3, -0.25) is 14.8 Å². The lowest BCUT2D eigenvalue weighted by atomic mass is 9.79. The molecule has 0 bridgehead atoms. The second-order valence-corrected chi connectivity index (χ2v) is 13.0.